The summed E-state index contributed by atoms with van der Waals surface area (Å²) in [6.07, 6.45) is 5.01. The summed E-state index contributed by atoms with van der Waals surface area (Å²) in [5, 5.41) is 3.18. The van der Waals surface area contributed by atoms with Crippen molar-refractivity contribution >= 4 is 5.91 Å². The molecule has 1 aliphatic heterocycles. The molecule has 26 heavy (non-hydrogen) atoms. The molecule has 1 N–H and O–H groups in total. The van der Waals surface area contributed by atoms with Crippen LogP contribution in [0.5, 0.6) is 11.5 Å². The van der Waals surface area contributed by atoms with Gasteiger partial charge in [-0.05, 0) is 36.1 Å². The summed E-state index contributed by atoms with van der Waals surface area (Å²) < 4.78 is 11.4. The van der Waals surface area contributed by atoms with Crippen LogP contribution in [0.25, 0.3) is 0 Å². The van der Waals surface area contributed by atoms with Crippen LogP contribution >= 0.6 is 0 Å². The maximum atomic E-state index is 12.4. The molecule has 4 rings (SSSR count). The molecule has 0 aromatic heterocycles. The van der Waals surface area contributed by atoms with E-state index in [4.69, 9.17) is 9.47 Å². The quantitative estimate of drug-likeness (QED) is 0.895. The number of hydrogen-bond donors (Lipinski definition) is 1. The van der Waals surface area contributed by atoms with Gasteiger partial charge in [0.05, 0.1) is 6.42 Å². The van der Waals surface area contributed by atoms with Crippen molar-refractivity contribution in [1.29, 1.82) is 0 Å². The van der Waals surface area contributed by atoms with Gasteiger partial charge in [-0.15, -0.1) is 0 Å². The number of rotatable bonds is 5. The summed E-state index contributed by atoms with van der Waals surface area (Å²) in [7, 11) is 0. The summed E-state index contributed by atoms with van der Waals surface area (Å²) >= 11 is 0. The Kier molecular flexibility index (Phi) is 4.83. The Balaban J connectivity index is 1.47. The number of nitrogens with one attached hydrogen (secondary N) is 1. The summed E-state index contributed by atoms with van der Waals surface area (Å²) in [4.78, 5) is 12.4. The van der Waals surface area contributed by atoms with Crippen LogP contribution in [-0.4, -0.2) is 25.7 Å². The minimum absolute atomic E-state index is 0.00217. The molecule has 136 valence electrons. The standard InChI is InChI=1S/C22H25NO3/c24-21(14-17-6-2-1-3-7-17)23-16-22(10-4-5-11-22)18-8-9-19-20(15-18)26-13-12-25-19/h1-3,6-9,15H,4-5,10-14,16H2,(H,23,24). The Morgan fingerprint density at radius 3 is 2.46 bits per heavy atom. The molecule has 4 nitrogen and oxygen atoms in total. The molecule has 4 heteroatoms. The lowest BCUT2D eigenvalue weighted by molar-refractivity contribution is -0.120. The average molecular weight is 351 g/mol. The van der Waals surface area contributed by atoms with Crippen molar-refractivity contribution < 1.29 is 14.3 Å². The van der Waals surface area contributed by atoms with Crippen LogP contribution in [0.4, 0.5) is 0 Å². The lowest BCUT2D eigenvalue weighted by Gasteiger charge is -2.31. The second-order valence-electron chi connectivity index (χ2n) is 7.28. The summed E-state index contributed by atoms with van der Waals surface area (Å²) in [6, 6.07) is 16.2. The van der Waals surface area contributed by atoms with Gasteiger partial charge in [0.25, 0.3) is 0 Å². The summed E-state index contributed by atoms with van der Waals surface area (Å²) in [5.74, 6) is 1.73. The minimum Gasteiger partial charge on any atom is -0.486 e. The van der Waals surface area contributed by atoms with Crippen LogP contribution in [0.3, 0.4) is 0 Å². The van der Waals surface area contributed by atoms with Crippen LogP contribution in [-0.2, 0) is 16.6 Å². The molecule has 1 amide bonds. The molecule has 1 saturated carbocycles. The van der Waals surface area contributed by atoms with Crippen LogP contribution in [0.2, 0.25) is 0 Å². The van der Waals surface area contributed by atoms with Crippen LogP contribution in [0, 0.1) is 0 Å². The third kappa shape index (κ3) is 3.55. The maximum absolute atomic E-state index is 12.4. The normalized spacial score (nSPS) is 17.7. The summed E-state index contributed by atoms with van der Waals surface area (Å²) in [5.41, 5.74) is 2.30. The zero-order valence-corrected chi connectivity index (χ0v) is 15.0. The Morgan fingerprint density at radius 1 is 0.962 bits per heavy atom. The molecule has 0 saturated heterocycles. The average Bonchev–Trinajstić information content (AvgIpc) is 3.17. The maximum Gasteiger partial charge on any atom is 0.224 e. The molecular formula is C22H25NO3. The van der Waals surface area contributed by atoms with Crippen molar-refractivity contribution in [3.63, 3.8) is 0 Å². The molecule has 2 aromatic carbocycles. The van der Waals surface area contributed by atoms with Gasteiger partial charge in [0, 0.05) is 12.0 Å². The highest BCUT2D eigenvalue weighted by atomic mass is 16.6. The third-order valence-corrected chi connectivity index (χ3v) is 5.55. The fourth-order valence-corrected chi connectivity index (χ4v) is 4.10. The minimum atomic E-state index is 0.00217. The van der Waals surface area contributed by atoms with Gasteiger partial charge < -0.3 is 14.8 Å². The summed E-state index contributed by atoms with van der Waals surface area (Å²) in [6.45, 7) is 1.88. The molecule has 0 spiro atoms. The number of carbonyl (C=O) groups is 1. The lowest BCUT2D eigenvalue weighted by Crippen LogP contribution is -2.39. The Morgan fingerprint density at radius 2 is 1.69 bits per heavy atom. The Bertz CT molecular complexity index is 766. The Labute approximate surface area is 154 Å². The number of hydrogen-bond acceptors (Lipinski definition) is 3. The van der Waals surface area contributed by atoms with Gasteiger partial charge in [0.15, 0.2) is 11.5 Å². The van der Waals surface area contributed by atoms with Crippen molar-refractivity contribution in [2.45, 2.75) is 37.5 Å². The van der Waals surface area contributed by atoms with E-state index in [1.807, 2.05) is 36.4 Å². The number of amides is 1. The lowest BCUT2D eigenvalue weighted by atomic mass is 9.78. The molecule has 0 bridgehead atoms. The smallest absolute Gasteiger partial charge is 0.224 e. The molecule has 0 radical (unpaired) electrons. The predicted molar refractivity (Wildman–Crippen MR) is 101 cm³/mol. The SMILES string of the molecule is O=C(Cc1ccccc1)NCC1(c2ccc3c(c2)OCCO3)CCCC1. The van der Waals surface area contributed by atoms with Gasteiger partial charge >= 0.3 is 0 Å². The molecule has 2 aromatic rings. The largest absolute Gasteiger partial charge is 0.486 e. The zero-order valence-electron chi connectivity index (χ0n) is 15.0. The molecule has 1 heterocycles. The van der Waals surface area contributed by atoms with E-state index >= 15 is 0 Å². The van der Waals surface area contributed by atoms with Crippen molar-refractivity contribution in [2.24, 2.45) is 0 Å². The molecule has 1 fully saturated rings. The number of carbonyl (C=O) groups excluding carboxylic acids is 1. The van der Waals surface area contributed by atoms with E-state index < -0.39 is 0 Å². The molecule has 2 aliphatic rings. The Hall–Kier alpha value is -2.49. The van der Waals surface area contributed by atoms with Crippen molar-refractivity contribution in [1.82, 2.24) is 5.32 Å². The molecule has 0 atom stereocenters. The molecular weight excluding hydrogens is 326 g/mol. The van der Waals surface area contributed by atoms with Crippen molar-refractivity contribution in [2.75, 3.05) is 19.8 Å². The first-order valence-electron chi connectivity index (χ1n) is 9.46. The number of fused-ring (bicyclic) bond motifs is 1. The zero-order chi connectivity index (χ0) is 17.8. The highest BCUT2D eigenvalue weighted by Crippen LogP contribution is 2.43. The second-order valence-corrected chi connectivity index (χ2v) is 7.28. The van der Waals surface area contributed by atoms with Gasteiger partial charge in [-0.25, -0.2) is 0 Å². The fourth-order valence-electron chi connectivity index (χ4n) is 4.10. The van der Waals surface area contributed by atoms with Crippen LogP contribution in [0.15, 0.2) is 48.5 Å². The highest BCUT2D eigenvalue weighted by molar-refractivity contribution is 5.78. The first kappa shape index (κ1) is 17.0. The van der Waals surface area contributed by atoms with Gasteiger partial charge in [0.1, 0.15) is 13.2 Å². The third-order valence-electron chi connectivity index (χ3n) is 5.55. The monoisotopic (exact) mass is 351 g/mol. The van der Waals surface area contributed by atoms with E-state index in [1.165, 1.54) is 18.4 Å². The molecule has 0 unspecified atom stereocenters. The molecule has 1 aliphatic carbocycles. The van der Waals surface area contributed by atoms with Crippen molar-refractivity contribution in [3.8, 4) is 11.5 Å². The van der Waals surface area contributed by atoms with Gasteiger partial charge in [-0.3, -0.25) is 4.79 Å². The van der Waals surface area contributed by atoms with Gasteiger partial charge in [-0.1, -0.05) is 49.2 Å². The highest BCUT2D eigenvalue weighted by Gasteiger charge is 2.36. The second kappa shape index (κ2) is 7.40. The van der Waals surface area contributed by atoms with E-state index in [-0.39, 0.29) is 11.3 Å². The topological polar surface area (TPSA) is 47.6 Å². The van der Waals surface area contributed by atoms with E-state index in [2.05, 4.69) is 17.4 Å². The van der Waals surface area contributed by atoms with E-state index in [1.54, 1.807) is 0 Å². The fraction of sp³-hybridized carbons (Fsp3) is 0.409. The van der Waals surface area contributed by atoms with Crippen LogP contribution in [0.1, 0.15) is 36.8 Å². The van der Waals surface area contributed by atoms with Crippen molar-refractivity contribution in [3.05, 3.63) is 59.7 Å². The first-order chi connectivity index (χ1) is 12.8. The number of ether oxygens (including phenoxy) is 2. The van der Waals surface area contributed by atoms with Gasteiger partial charge in [-0.2, -0.15) is 0 Å². The van der Waals surface area contributed by atoms with E-state index in [9.17, 15) is 4.79 Å². The number of benzene rings is 2. The van der Waals surface area contributed by atoms with E-state index in [0.717, 1.165) is 29.9 Å². The first-order valence-corrected chi connectivity index (χ1v) is 9.46. The van der Waals surface area contributed by atoms with Crippen LogP contribution < -0.4 is 14.8 Å². The predicted octanol–water partition coefficient (Wildman–Crippen LogP) is 3.63. The van der Waals surface area contributed by atoms with E-state index in [0.29, 0.717) is 26.2 Å². The van der Waals surface area contributed by atoms with Gasteiger partial charge in [0.2, 0.25) is 5.91 Å².